The highest BCUT2D eigenvalue weighted by molar-refractivity contribution is 5.71. The van der Waals surface area contributed by atoms with Crippen molar-refractivity contribution in [1.29, 1.82) is 0 Å². The number of imidazole rings is 1. The summed E-state index contributed by atoms with van der Waals surface area (Å²) in [5.41, 5.74) is 6.08. The molecule has 0 bridgehead atoms. The molecule has 21 heavy (non-hydrogen) atoms. The molecule has 0 unspecified atom stereocenters. The smallest absolute Gasteiger partial charge is 0.281 e. The maximum Gasteiger partial charge on any atom is 0.281 e. The summed E-state index contributed by atoms with van der Waals surface area (Å²) in [6.45, 7) is 4.77. The Balaban J connectivity index is 2.51. The number of nitrogens with zero attached hydrogens (tertiary/aromatic N) is 4. The van der Waals surface area contributed by atoms with E-state index in [0.717, 1.165) is 44.3 Å². The second kappa shape index (κ2) is 7.01. The third kappa shape index (κ3) is 3.29. The minimum Gasteiger partial charge on any atom is -0.390 e. The molecule has 2 rings (SSSR count). The lowest BCUT2D eigenvalue weighted by molar-refractivity contribution is 0.612. The van der Waals surface area contributed by atoms with Crippen molar-refractivity contribution in [3.63, 3.8) is 0 Å². The first-order valence-electron chi connectivity index (χ1n) is 7.44. The van der Waals surface area contributed by atoms with Gasteiger partial charge in [0.05, 0.1) is 6.34 Å². The second-order valence-corrected chi connectivity index (χ2v) is 4.99. The molecule has 3 N–H and O–H groups in total. The minimum absolute atomic E-state index is 0.135. The summed E-state index contributed by atoms with van der Waals surface area (Å²) in [4.78, 5) is 28.4. The molecule has 0 atom stereocenters. The molecule has 2 aromatic rings. The molecular formula is C14H22N6O. The molecule has 114 valence electrons. The number of hydrogen-bond donors (Lipinski definition) is 2. The molecule has 0 aliphatic rings. The lowest BCUT2D eigenvalue weighted by atomic mass is 10.2. The fourth-order valence-electron chi connectivity index (χ4n) is 2.17. The summed E-state index contributed by atoms with van der Waals surface area (Å²) in [5.74, 6) is 1.12. The van der Waals surface area contributed by atoms with E-state index in [0.29, 0.717) is 23.7 Å². The lowest BCUT2D eigenvalue weighted by Crippen LogP contribution is -2.22. The summed E-state index contributed by atoms with van der Waals surface area (Å²) >= 11 is 0. The molecule has 7 nitrogen and oxygen atoms in total. The molecule has 0 fully saturated rings. The van der Waals surface area contributed by atoms with Crippen LogP contribution in [-0.2, 0) is 13.0 Å². The number of fused-ring (bicyclic) bond motifs is 1. The highest BCUT2D eigenvalue weighted by Crippen LogP contribution is 2.13. The first-order valence-corrected chi connectivity index (χ1v) is 7.44. The van der Waals surface area contributed by atoms with Crippen LogP contribution < -0.4 is 11.3 Å². The van der Waals surface area contributed by atoms with E-state index >= 15 is 0 Å². The highest BCUT2D eigenvalue weighted by atomic mass is 16.1. The molecule has 0 saturated heterocycles. The number of aromatic nitrogens is 4. The van der Waals surface area contributed by atoms with E-state index in [9.17, 15) is 4.79 Å². The maximum atomic E-state index is 12.6. The van der Waals surface area contributed by atoms with Crippen LogP contribution in [0.4, 0.5) is 5.95 Å². The van der Waals surface area contributed by atoms with Gasteiger partial charge in [0.2, 0.25) is 5.95 Å². The van der Waals surface area contributed by atoms with Crippen molar-refractivity contribution >= 4 is 23.5 Å². The van der Waals surface area contributed by atoms with Gasteiger partial charge in [0.15, 0.2) is 11.2 Å². The van der Waals surface area contributed by atoms with Gasteiger partial charge in [0, 0.05) is 13.0 Å². The van der Waals surface area contributed by atoms with Gasteiger partial charge in [0.1, 0.15) is 5.82 Å². The van der Waals surface area contributed by atoms with Crippen LogP contribution in [0.25, 0.3) is 11.2 Å². The van der Waals surface area contributed by atoms with Crippen LogP contribution in [0.2, 0.25) is 0 Å². The fraction of sp³-hybridized carbons (Fsp3) is 0.571. The van der Waals surface area contributed by atoms with Crippen LogP contribution >= 0.6 is 0 Å². The Morgan fingerprint density at radius 2 is 2.05 bits per heavy atom. The molecule has 2 aromatic heterocycles. The SMILES string of the molecule is CCCCc1nc2nc(N=CN)n(CCCC)c(=O)c2[nH]1. The third-order valence-electron chi connectivity index (χ3n) is 3.33. The van der Waals surface area contributed by atoms with Crippen molar-refractivity contribution in [2.45, 2.75) is 52.5 Å². The summed E-state index contributed by atoms with van der Waals surface area (Å²) in [6.07, 6.45) is 5.95. The standard InChI is InChI=1S/C14H22N6O/c1-3-5-7-10-17-11-12(18-10)19-14(16-9-15)20(13(11)21)8-6-4-2/h9H,3-8H2,1-2H3,(H,17,18)(H2,15,16,19). The Labute approximate surface area is 123 Å². The van der Waals surface area contributed by atoms with Crippen molar-refractivity contribution in [1.82, 2.24) is 19.5 Å². The van der Waals surface area contributed by atoms with Crippen LogP contribution in [0.1, 0.15) is 45.4 Å². The van der Waals surface area contributed by atoms with Gasteiger partial charge < -0.3 is 10.7 Å². The van der Waals surface area contributed by atoms with Crippen LogP contribution in [0.15, 0.2) is 9.79 Å². The predicted molar refractivity (Wildman–Crippen MR) is 84.0 cm³/mol. The number of aliphatic imine (C=N–C) groups is 1. The predicted octanol–water partition coefficient (Wildman–Crippen LogP) is 1.88. The molecule has 0 spiro atoms. The number of nitrogens with two attached hydrogens (primary N) is 1. The van der Waals surface area contributed by atoms with E-state index in [2.05, 4.69) is 33.8 Å². The Kier molecular flexibility index (Phi) is 5.08. The van der Waals surface area contributed by atoms with Crippen molar-refractivity contribution < 1.29 is 0 Å². The largest absolute Gasteiger partial charge is 0.390 e. The van der Waals surface area contributed by atoms with Crippen LogP contribution in [0.3, 0.4) is 0 Å². The molecule has 0 aliphatic heterocycles. The van der Waals surface area contributed by atoms with Gasteiger partial charge in [-0.1, -0.05) is 26.7 Å². The van der Waals surface area contributed by atoms with Crippen LogP contribution in [-0.4, -0.2) is 25.9 Å². The Bertz CT molecular complexity index is 685. The molecule has 0 aliphatic carbocycles. The molecule has 0 radical (unpaired) electrons. The van der Waals surface area contributed by atoms with Gasteiger partial charge in [-0.25, -0.2) is 9.98 Å². The topological polar surface area (TPSA) is 102 Å². The Morgan fingerprint density at radius 1 is 1.29 bits per heavy atom. The highest BCUT2D eigenvalue weighted by Gasteiger charge is 2.14. The number of unbranched alkanes of at least 4 members (excludes halogenated alkanes) is 2. The zero-order valence-electron chi connectivity index (χ0n) is 12.6. The number of H-pyrrole nitrogens is 1. The quantitative estimate of drug-likeness (QED) is 0.600. The normalized spacial score (nSPS) is 11.7. The fourth-order valence-corrected chi connectivity index (χ4v) is 2.17. The van der Waals surface area contributed by atoms with Crippen molar-refractivity contribution in [2.75, 3.05) is 0 Å². The van der Waals surface area contributed by atoms with Gasteiger partial charge in [-0.05, 0) is 12.8 Å². The average Bonchev–Trinajstić information content (AvgIpc) is 2.88. The summed E-state index contributed by atoms with van der Waals surface area (Å²) in [7, 11) is 0. The van der Waals surface area contributed by atoms with Crippen LogP contribution in [0, 0.1) is 0 Å². The third-order valence-corrected chi connectivity index (χ3v) is 3.33. The summed E-state index contributed by atoms with van der Waals surface area (Å²) in [5, 5.41) is 0. The van der Waals surface area contributed by atoms with Gasteiger partial charge in [-0.15, -0.1) is 0 Å². The van der Waals surface area contributed by atoms with Crippen molar-refractivity contribution in [2.24, 2.45) is 10.7 Å². The first-order chi connectivity index (χ1) is 10.2. The molecule has 7 heteroatoms. The zero-order valence-corrected chi connectivity index (χ0v) is 12.6. The zero-order chi connectivity index (χ0) is 15.2. The van der Waals surface area contributed by atoms with Crippen LogP contribution in [0.5, 0.6) is 0 Å². The molecular weight excluding hydrogens is 268 g/mol. The summed E-state index contributed by atoms with van der Waals surface area (Å²) in [6, 6.07) is 0. The lowest BCUT2D eigenvalue weighted by Gasteiger charge is -2.07. The van der Waals surface area contributed by atoms with E-state index in [1.165, 1.54) is 0 Å². The number of nitrogens with one attached hydrogen (secondary N) is 1. The molecule has 0 aromatic carbocycles. The Hall–Kier alpha value is -2.18. The number of hydrogen-bond acceptors (Lipinski definition) is 4. The van der Waals surface area contributed by atoms with Gasteiger partial charge >= 0.3 is 0 Å². The number of aromatic amines is 1. The monoisotopic (exact) mass is 290 g/mol. The Morgan fingerprint density at radius 3 is 2.71 bits per heavy atom. The number of aryl methyl sites for hydroxylation is 1. The maximum absolute atomic E-state index is 12.6. The molecule has 2 heterocycles. The van der Waals surface area contributed by atoms with Gasteiger partial charge in [-0.2, -0.15) is 4.98 Å². The summed E-state index contributed by atoms with van der Waals surface area (Å²) < 4.78 is 1.55. The van der Waals surface area contributed by atoms with E-state index in [1.807, 2.05) is 0 Å². The second-order valence-electron chi connectivity index (χ2n) is 4.99. The van der Waals surface area contributed by atoms with E-state index in [-0.39, 0.29) is 5.56 Å². The molecule has 0 saturated carbocycles. The van der Waals surface area contributed by atoms with E-state index in [4.69, 9.17) is 5.73 Å². The average molecular weight is 290 g/mol. The first kappa shape index (κ1) is 15.2. The van der Waals surface area contributed by atoms with Gasteiger partial charge in [-0.3, -0.25) is 9.36 Å². The van der Waals surface area contributed by atoms with E-state index < -0.39 is 0 Å². The van der Waals surface area contributed by atoms with E-state index in [1.54, 1.807) is 4.57 Å². The van der Waals surface area contributed by atoms with Gasteiger partial charge in [0.25, 0.3) is 5.56 Å². The molecule has 0 amide bonds. The number of rotatable bonds is 7. The van der Waals surface area contributed by atoms with Crippen molar-refractivity contribution in [3.05, 3.63) is 16.2 Å². The minimum atomic E-state index is -0.135. The van der Waals surface area contributed by atoms with Crippen molar-refractivity contribution in [3.8, 4) is 0 Å².